The number of amides is 1. The molecule has 1 aromatic carbocycles. The Morgan fingerprint density at radius 2 is 2.05 bits per heavy atom. The summed E-state index contributed by atoms with van der Waals surface area (Å²) in [7, 11) is 0. The zero-order valence-electron chi connectivity index (χ0n) is 9.92. The molecular formula is C12H12N2O5. The van der Waals surface area contributed by atoms with E-state index in [9.17, 15) is 14.4 Å². The molecule has 0 aliphatic carbocycles. The molecule has 1 aliphatic heterocycles. The van der Waals surface area contributed by atoms with Crippen LogP contribution >= 0.6 is 0 Å². The van der Waals surface area contributed by atoms with Gasteiger partial charge in [-0.15, -0.1) is 0 Å². The third-order valence-corrected chi connectivity index (χ3v) is 2.79. The van der Waals surface area contributed by atoms with Gasteiger partial charge in [-0.1, -0.05) is 0 Å². The van der Waals surface area contributed by atoms with Crippen molar-refractivity contribution in [3.05, 3.63) is 23.8 Å². The van der Waals surface area contributed by atoms with Crippen molar-refractivity contribution in [2.45, 2.75) is 6.42 Å². The fourth-order valence-electron chi connectivity index (χ4n) is 1.92. The molecule has 1 aliphatic rings. The first-order valence-electron chi connectivity index (χ1n) is 5.61. The van der Waals surface area contributed by atoms with Gasteiger partial charge < -0.3 is 20.4 Å². The van der Waals surface area contributed by atoms with Crippen LogP contribution in [-0.4, -0.2) is 41.1 Å². The summed E-state index contributed by atoms with van der Waals surface area (Å²) in [6.45, 7) is 0.259. The number of fused-ring (bicyclic) bond motifs is 1. The van der Waals surface area contributed by atoms with E-state index in [1.807, 2.05) is 0 Å². The van der Waals surface area contributed by atoms with Gasteiger partial charge >= 0.3 is 11.9 Å². The topological polar surface area (TPSA) is 107 Å². The minimum Gasteiger partial charge on any atom is -0.481 e. The average Bonchev–Trinajstić information content (AvgIpc) is 2.34. The minimum absolute atomic E-state index is 0.0622. The summed E-state index contributed by atoms with van der Waals surface area (Å²) in [5, 5.41) is 20.1. The molecule has 7 heteroatoms. The van der Waals surface area contributed by atoms with Crippen LogP contribution in [0.2, 0.25) is 0 Å². The summed E-state index contributed by atoms with van der Waals surface area (Å²) in [6, 6.07) is 4.36. The Hall–Kier alpha value is -2.57. The van der Waals surface area contributed by atoms with Crippen molar-refractivity contribution >= 4 is 29.2 Å². The quantitative estimate of drug-likeness (QED) is 0.735. The van der Waals surface area contributed by atoms with Gasteiger partial charge in [0.1, 0.15) is 0 Å². The average molecular weight is 264 g/mol. The number of hydrogen-bond acceptors (Lipinski definition) is 4. The van der Waals surface area contributed by atoms with Crippen LogP contribution in [0.25, 0.3) is 0 Å². The summed E-state index contributed by atoms with van der Waals surface area (Å²) < 4.78 is 0. The van der Waals surface area contributed by atoms with Crippen LogP contribution in [0.3, 0.4) is 0 Å². The molecule has 0 saturated heterocycles. The maximum atomic E-state index is 11.5. The molecular weight excluding hydrogens is 252 g/mol. The molecule has 0 unspecified atom stereocenters. The SMILES string of the molecule is O=C(O)CCN1CC(=O)Nc2cc(C(=O)O)ccc21. The number of carboxylic acid groups (broad SMARTS) is 2. The number of nitrogens with zero attached hydrogens (tertiary/aromatic N) is 1. The van der Waals surface area contributed by atoms with E-state index in [-0.39, 0.29) is 31.0 Å². The van der Waals surface area contributed by atoms with Crippen LogP contribution in [0.15, 0.2) is 18.2 Å². The van der Waals surface area contributed by atoms with Crippen molar-refractivity contribution < 1.29 is 24.6 Å². The van der Waals surface area contributed by atoms with Crippen LogP contribution in [0.4, 0.5) is 11.4 Å². The Morgan fingerprint density at radius 1 is 1.32 bits per heavy atom. The van der Waals surface area contributed by atoms with Crippen LogP contribution in [-0.2, 0) is 9.59 Å². The largest absolute Gasteiger partial charge is 0.481 e. The normalized spacial score (nSPS) is 13.7. The van der Waals surface area contributed by atoms with E-state index < -0.39 is 11.9 Å². The summed E-state index contributed by atoms with van der Waals surface area (Å²) in [4.78, 5) is 34.6. The fourth-order valence-corrected chi connectivity index (χ4v) is 1.92. The first kappa shape index (κ1) is 12.9. The molecule has 0 aromatic heterocycles. The number of aliphatic carboxylic acids is 1. The maximum Gasteiger partial charge on any atom is 0.335 e. The number of rotatable bonds is 4. The van der Waals surface area contributed by atoms with Gasteiger partial charge in [0, 0.05) is 6.54 Å². The number of carbonyl (C=O) groups excluding carboxylic acids is 1. The molecule has 0 bridgehead atoms. The molecule has 100 valence electrons. The molecule has 1 heterocycles. The lowest BCUT2D eigenvalue weighted by Gasteiger charge is -2.30. The van der Waals surface area contributed by atoms with E-state index in [1.165, 1.54) is 12.1 Å². The van der Waals surface area contributed by atoms with Crippen LogP contribution in [0, 0.1) is 0 Å². The highest BCUT2D eigenvalue weighted by atomic mass is 16.4. The number of benzene rings is 1. The lowest BCUT2D eigenvalue weighted by Crippen LogP contribution is -2.39. The number of nitrogens with one attached hydrogen (secondary N) is 1. The fraction of sp³-hybridized carbons (Fsp3) is 0.250. The predicted molar refractivity (Wildman–Crippen MR) is 66.5 cm³/mol. The Bertz CT molecular complexity index is 555. The molecule has 19 heavy (non-hydrogen) atoms. The highest BCUT2D eigenvalue weighted by molar-refractivity contribution is 6.03. The highest BCUT2D eigenvalue weighted by Crippen LogP contribution is 2.30. The van der Waals surface area contributed by atoms with Gasteiger partial charge in [0.25, 0.3) is 0 Å². The van der Waals surface area contributed by atoms with Crippen LogP contribution in [0.5, 0.6) is 0 Å². The van der Waals surface area contributed by atoms with E-state index in [0.717, 1.165) is 0 Å². The van der Waals surface area contributed by atoms with Crippen molar-refractivity contribution in [3.8, 4) is 0 Å². The van der Waals surface area contributed by atoms with Gasteiger partial charge in [0.2, 0.25) is 5.91 Å². The van der Waals surface area contributed by atoms with Crippen molar-refractivity contribution in [3.63, 3.8) is 0 Å². The first-order valence-corrected chi connectivity index (χ1v) is 5.61. The van der Waals surface area contributed by atoms with Gasteiger partial charge in [0.15, 0.2) is 0 Å². The molecule has 1 aromatic rings. The van der Waals surface area contributed by atoms with E-state index in [2.05, 4.69) is 5.32 Å². The number of hydrogen-bond donors (Lipinski definition) is 3. The van der Waals surface area contributed by atoms with Crippen molar-refractivity contribution in [2.75, 3.05) is 23.3 Å². The minimum atomic E-state index is -1.08. The lowest BCUT2D eigenvalue weighted by molar-refractivity contribution is -0.136. The van der Waals surface area contributed by atoms with Gasteiger partial charge in [0.05, 0.1) is 29.9 Å². The Balaban J connectivity index is 2.30. The predicted octanol–water partition coefficient (Wildman–Crippen LogP) is 0.618. The molecule has 0 radical (unpaired) electrons. The highest BCUT2D eigenvalue weighted by Gasteiger charge is 2.23. The van der Waals surface area contributed by atoms with Crippen LogP contribution < -0.4 is 10.2 Å². The standard InChI is InChI=1S/C12H12N2O5/c15-10-6-14(4-3-11(16)17)9-2-1-7(12(18)19)5-8(9)13-10/h1-2,5H,3-4,6H2,(H,13,15)(H,16,17)(H,18,19). The van der Waals surface area contributed by atoms with E-state index in [1.54, 1.807) is 11.0 Å². The third-order valence-electron chi connectivity index (χ3n) is 2.79. The summed E-state index contributed by atoms with van der Waals surface area (Å²) in [6.07, 6.45) is -0.0899. The zero-order chi connectivity index (χ0) is 14.0. The molecule has 0 fully saturated rings. The van der Waals surface area contributed by atoms with Gasteiger partial charge in [-0.25, -0.2) is 4.79 Å². The number of anilines is 2. The molecule has 0 atom stereocenters. The molecule has 3 N–H and O–H groups in total. The van der Waals surface area contributed by atoms with Gasteiger partial charge in [-0.05, 0) is 18.2 Å². The number of aromatic carboxylic acids is 1. The summed E-state index contributed by atoms with van der Waals surface area (Å²) in [5.74, 6) is -2.32. The van der Waals surface area contributed by atoms with E-state index in [0.29, 0.717) is 11.4 Å². The Morgan fingerprint density at radius 3 is 2.68 bits per heavy atom. The maximum absolute atomic E-state index is 11.5. The Labute approximate surface area is 108 Å². The molecule has 0 spiro atoms. The molecule has 0 saturated carbocycles. The van der Waals surface area contributed by atoms with Crippen molar-refractivity contribution in [1.29, 1.82) is 0 Å². The summed E-state index contributed by atoms with van der Waals surface area (Å²) >= 11 is 0. The van der Waals surface area contributed by atoms with Gasteiger partial charge in [-0.2, -0.15) is 0 Å². The number of carboxylic acids is 2. The zero-order valence-corrected chi connectivity index (χ0v) is 9.92. The third kappa shape index (κ3) is 2.82. The van der Waals surface area contributed by atoms with Crippen LogP contribution in [0.1, 0.15) is 16.8 Å². The van der Waals surface area contributed by atoms with E-state index >= 15 is 0 Å². The van der Waals surface area contributed by atoms with Crippen molar-refractivity contribution in [1.82, 2.24) is 0 Å². The van der Waals surface area contributed by atoms with Gasteiger partial charge in [-0.3, -0.25) is 9.59 Å². The monoisotopic (exact) mass is 264 g/mol. The number of carbonyl (C=O) groups is 3. The lowest BCUT2D eigenvalue weighted by atomic mass is 10.1. The second-order valence-electron chi connectivity index (χ2n) is 4.15. The second-order valence-corrected chi connectivity index (χ2v) is 4.15. The van der Waals surface area contributed by atoms with Crippen molar-refractivity contribution in [2.24, 2.45) is 0 Å². The smallest absolute Gasteiger partial charge is 0.335 e. The summed E-state index contributed by atoms with van der Waals surface area (Å²) in [5.41, 5.74) is 1.09. The Kier molecular flexibility index (Phi) is 3.37. The first-order chi connectivity index (χ1) is 8.97. The molecule has 7 nitrogen and oxygen atoms in total. The molecule has 1 amide bonds. The molecule has 2 rings (SSSR count). The second kappa shape index (κ2) is 4.97. The van der Waals surface area contributed by atoms with E-state index in [4.69, 9.17) is 10.2 Å².